The molecule has 0 aromatic heterocycles. The summed E-state index contributed by atoms with van der Waals surface area (Å²) < 4.78 is 5.76. The number of ether oxygens (including phenoxy) is 1. The molecule has 116 valence electrons. The maximum Gasteiger partial charge on any atom is 0.173 e. The highest BCUT2D eigenvalue weighted by Crippen LogP contribution is 2.32. The average Bonchev–Trinajstić information content (AvgIpc) is 2.53. The van der Waals surface area contributed by atoms with E-state index in [1.54, 1.807) is 11.8 Å². The highest BCUT2D eigenvalue weighted by atomic mass is 32.2. The third-order valence-corrected chi connectivity index (χ3v) is 4.62. The first-order chi connectivity index (χ1) is 10.1. The van der Waals surface area contributed by atoms with Crippen molar-refractivity contribution in [3.8, 4) is 0 Å². The van der Waals surface area contributed by atoms with Crippen molar-refractivity contribution < 1.29 is 9.94 Å². The van der Waals surface area contributed by atoms with Gasteiger partial charge in [0.15, 0.2) is 5.84 Å². The van der Waals surface area contributed by atoms with Crippen LogP contribution in [0, 0.1) is 0 Å². The predicted octanol–water partition coefficient (Wildman–Crippen LogP) is 2.51. The molecule has 1 aliphatic heterocycles. The number of hydrogen-bond acceptors (Lipinski definition) is 5. The SMILES string of the molecule is CCC1COC(C)CN1c1cccc(SC)c1/C(N)=N/O. The van der Waals surface area contributed by atoms with Crippen molar-refractivity contribution in [2.45, 2.75) is 37.3 Å². The van der Waals surface area contributed by atoms with Gasteiger partial charge < -0.3 is 20.6 Å². The summed E-state index contributed by atoms with van der Waals surface area (Å²) in [4.78, 5) is 3.33. The first-order valence-electron chi connectivity index (χ1n) is 7.15. The maximum atomic E-state index is 9.12. The van der Waals surface area contributed by atoms with Gasteiger partial charge in [0.05, 0.1) is 24.3 Å². The van der Waals surface area contributed by atoms with Crippen molar-refractivity contribution in [2.75, 3.05) is 24.3 Å². The van der Waals surface area contributed by atoms with Crippen LogP contribution in [0.2, 0.25) is 0 Å². The zero-order valence-corrected chi connectivity index (χ0v) is 13.6. The van der Waals surface area contributed by atoms with Gasteiger partial charge in [0.25, 0.3) is 0 Å². The largest absolute Gasteiger partial charge is 0.409 e. The van der Waals surface area contributed by atoms with Crippen molar-refractivity contribution in [3.05, 3.63) is 23.8 Å². The van der Waals surface area contributed by atoms with Crippen LogP contribution in [-0.4, -0.2) is 42.6 Å². The van der Waals surface area contributed by atoms with Crippen molar-refractivity contribution in [3.63, 3.8) is 0 Å². The lowest BCUT2D eigenvalue weighted by atomic mass is 10.1. The van der Waals surface area contributed by atoms with Gasteiger partial charge in [0, 0.05) is 17.1 Å². The van der Waals surface area contributed by atoms with Gasteiger partial charge in [-0.25, -0.2) is 0 Å². The Morgan fingerprint density at radius 2 is 2.33 bits per heavy atom. The number of morpholine rings is 1. The van der Waals surface area contributed by atoms with E-state index >= 15 is 0 Å². The van der Waals surface area contributed by atoms with E-state index in [-0.39, 0.29) is 11.9 Å². The summed E-state index contributed by atoms with van der Waals surface area (Å²) in [5.74, 6) is 0.156. The summed E-state index contributed by atoms with van der Waals surface area (Å²) in [6.45, 7) is 5.73. The molecule has 3 N–H and O–H groups in total. The van der Waals surface area contributed by atoms with Crippen LogP contribution in [0.3, 0.4) is 0 Å². The van der Waals surface area contributed by atoms with E-state index in [0.29, 0.717) is 12.6 Å². The molecule has 1 saturated heterocycles. The molecule has 2 atom stereocenters. The highest BCUT2D eigenvalue weighted by molar-refractivity contribution is 7.98. The quantitative estimate of drug-likeness (QED) is 0.294. The van der Waals surface area contributed by atoms with E-state index < -0.39 is 0 Å². The van der Waals surface area contributed by atoms with E-state index in [4.69, 9.17) is 15.7 Å². The van der Waals surface area contributed by atoms with E-state index in [9.17, 15) is 0 Å². The number of amidine groups is 1. The molecule has 1 heterocycles. The zero-order valence-electron chi connectivity index (χ0n) is 12.7. The number of anilines is 1. The molecular formula is C15H23N3O2S. The molecule has 1 aromatic carbocycles. The Morgan fingerprint density at radius 3 is 2.95 bits per heavy atom. The number of hydrogen-bond donors (Lipinski definition) is 2. The Kier molecular flexibility index (Phi) is 5.36. The minimum atomic E-state index is 0.156. The van der Waals surface area contributed by atoms with E-state index in [1.165, 1.54) is 0 Å². The Balaban J connectivity index is 2.51. The third kappa shape index (κ3) is 3.27. The van der Waals surface area contributed by atoms with Crippen LogP contribution in [0.5, 0.6) is 0 Å². The summed E-state index contributed by atoms with van der Waals surface area (Å²) in [5, 5.41) is 12.3. The Bertz CT molecular complexity index is 522. The molecule has 2 rings (SSSR count). The van der Waals surface area contributed by atoms with Crippen LogP contribution >= 0.6 is 11.8 Å². The smallest absolute Gasteiger partial charge is 0.173 e. The van der Waals surface area contributed by atoms with Crippen molar-refractivity contribution in [1.29, 1.82) is 0 Å². The molecule has 0 aliphatic carbocycles. The molecule has 0 bridgehead atoms. The third-order valence-electron chi connectivity index (χ3n) is 3.84. The molecule has 6 heteroatoms. The van der Waals surface area contributed by atoms with Crippen molar-refractivity contribution >= 4 is 23.3 Å². The average molecular weight is 309 g/mol. The van der Waals surface area contributed by atoms with Crippen LogP contribution in [0.1, 0.15) is 25.8 Å². The highest BCUT2D eigenvalue weighted by Gasteiger charge is 2.28. The predicted molar refractivity (Wildman–Crippen MR) is 87.6 cm³/mol. The number of benzene rings is 1. The Morgan fingerprint density at radius 1 is 1.57 bits per heavy atom. The van der Waals surface area contributed by atoms with Gasteiger partial charge in [0.1, 0.15) is 0 Å². The second-order valence-corrected chi connectivity index (χ2v) is 6.05. The first-order valence-corrected chi connectivity index (χ1v) is 8.38. The fourth-order valence-electron chi connectivity index (χ4n) is 2.71. The lowest BCUT2D eigenvalue weighted by Crippen LogP contribution is -2.49. The van der Waals surface area contributed by atoms with Crippen molar-refractivity contribution in [1.82, 2.24) is 0 Å². The second-order valence-electron chi connectivity index (χ2n) is 5.20. The van der Waals surface area contributed by atoms with Crippen LogP contribution < -0.4 is 10.6 Å². The van der Waals surface area contributed by atoms with E-state index in [0.717, 1.165) is 29.1 Å². The fraction of sp³-hybridized carbons (Fsp3) is 0.533. The maximum absolute atomic E-state index is 9.12. The Hall–Kier alpha value is -1.40. The first kappa shape index (κ1) is 16.0. The normalized spacial score (nSPS) is 23.4. The fourth-order valence-corrected chi connectivity index (χ4v) is 3.34. The lowest BCUT2D eigenvalue weighted by molar-refractivity contribution is 0.0299. The number of nitrogens with two attached hydrogens (primary N) is 1. The molecular weight excluding hydrogens is 286 g/mol. The minimum absolute atomic E-state index is 0.156. The molecule has 0 spiro atoms. The standard InChI is InChI=1S/C15H23N3O2S/c1-4-11-9-20-10(2)8-18(11)12-6-5-7-13(21-3)14(12)15(16)17-19/h5-7,10-11,19H,4,8-9H2,1-3H3,(H2,16,17). The van der Waals surface area contributed by atoms with E-state index in [1.807, 2.05) is 24.5 Å². The molecule has 1 aromatic rings. The van der Waals surface area contributed by atoms with Gasteiger partial charge in [-0.2, -0.15) is 0 Å². The summed E-state index contributed by atoms with van der Waals surface area (Å²) in [6, 6.07) is 6.35. The van der Waals surface area contributed by atoms with E-state index in [2.05, 4.69) is 23.9 Å². The molecule has 1 aliphatic rings. The monoisotopic (exact) mass is 309 g/mol. The van der Waals surface area contributed by atoms with Gasteiger partial charge in [0.2, 0.25) is 0 Å². The Labute approximate surface area is 130 Å². The molecule has 1 fully saturated rings. The molecule has 2 unspecified atom stereocenters. The van der Waals surface area contributed by atoms with Crippen molar-refractivity contribution in [2.24, 2.45) is 10.9 Å². The van der Waals surface area contributed by atoms with Crippen LogP contribution in [0.25, 0.3) is 0 Å². The minimum Gasteiger partial charge on any atom is -0.409 e. The number of rotatable bonds is 4. The summed E-state index contributed by atoms with van der Waals surface area (Å²) in [5.41, 5.74) is 7.75. The number of nitrogens with zero attached hydrogens (tertiary/aromatic N) is 2. The summed E-state index contributed by atoms with van der Waals surface area (Å²) in [6.07, 6.45) is 3.16. The zero-order chi connectivity index (χ0) is 15.4. The molecule has 0 radical (unpaired) electrons. The van der Waals surface area contributed by atoms with Gasteiger partial charge in [-0.15, -0.1) is 11.8 Å². The molecule has 21 heavy (non-hydrogen) atoms. The molecule has 5 nitrogen and oxygen atoms in total. The van der Waals surface area contributed by atoms with Gasteiger partial charge in [-0.3, -0.25) is 0 Å². The number of oxime groups is 1. The van der Waals surface area contributed by atoms with Crippen LogP contribution in [0.15, 0.2) is 28.3 Å². The van der Waals surface area contributed by atoms with Crippen LogP contribution in [-0.2, 0) is 4.74 Å². The van der Waals surface area contributed by atoms with Gasteiger partial charge in [-0.1, -0.05) is 18.1 Å². The summed E-state index contributed by atoms with van der Waals surface area (Å²) >= 11 is 1.60. The summed E-state index contributed by atoms with van der Waals surface area (Å²) in [7, 11) is 0. The number of thioether (sulfide) groups is 1. The molecule has 0 amide bonds. The topological polar surface area (TPSA) is 71.1 Å². The second kappa shape index (κ2) is 7.04. The lowest BCUT2D eigenvalue weighted by Gasteiger charge is -2.41. The van der Waals surface area contributed by atoms with Crippen LogP contribution in [0.4, 0.5) is 5.69 Å². The van der Waals surface area contributed by atoms with Gasteiger partial charge in [-0.05, 0) is 31.7 Å². The van der Waals surface area contributed by atoms with Gasteiger partial charge >= 0.3 is 0 Å². The molecule has 0 saturated carbocycles.